The van der Waals surface area contributed by atoms with Crippen LogP contribution in [0.2, 0.25) is 0 Å². The lowest BCUT2D eigenvalue weighted by Gasteiger charge is -2.35. The second-order valence-corrected chi connectivity index (χ2v) is 11.3. The van der Waals surface area contributed by atoms with E-state index in [-0.39, 0.29) is 41.5 Å². The van der Waals surface area contributed by atoms with E-state index >= 15 is 0 Å². The molecule has 2 saturated heterocycles. The Morgan fingerprint density at radius 2 is 1.88 bits per heavy atom. The number of nitrogens with zero attached hydrogens (tertiary/aromatic N) is 2. The number of sulfonamides is 1. The zero-order valence-corrected chi connectivity index (χ0v) is 20.7. The number of hydrogen-bond acceptors (Lipinski definition) is 6. The monoisotopic (exact) mass is 481 g/mol. The fraction of sp³-hybridized carbons (Fsp3) is 0.652. The minimum absolute atomic E-state index is 0.0252. The molecule has 2 aliphatic rings. The Kier molecular flexibility index (Phi) is 8.02. The quantitative estimate of drug-likeness (QED) is 0.669. The molecule has 184 valence electrons. The van der Waals surface area contributed by atoms with Gasteiger partial charge in [-0.1, -0.05) is 20.8 Å². The summed E-state index contributed by atoms with van der Waals surface area (Å²) in [7, 11) is -3.81. The van der Waals surface area contributed by atoms with Gasteiger partial charge in [0.1, 0.15) is 10.6 Å². The molecule has 1 aromatic carbocycles. The molecule has 0 radical (unpaired) electrons. The van der Waals surface area contributed by atoms with Crippen molar-refractivity contribution in [1.82, 2.24) is 9.21 Å². The summed E-state index contributed by atoms with van der Waals surface area (Å²) in [6.45, 7) is 9.93. The number of morpholine rings is 1. The molecule has 1 aromatic rings. The van der Waals surface area contributed by atoms with Gasteiger partial charge < -0.3 is 19.7 Å². The zero-order valence-electron chi connectivity index (χ0n) is 19.9. The van der Waals surface area contributed by atoms with Gasteiger partial charge in [0, 0.05) is 37.3 Å². The van der Waals surface area contributed by atoms with Gasteiger partial charge in [-0.15, -0.1) is 0 Å². The molecular formula is C23H35N3O6S. The van der Waals surface area contributed by atoms with Crippen molar-refractivity contribution >= 4 is 27.5 Å². The second kappa shape index (κ2) is 10.4. The largest absolute Gasteiger partial charge is 0.492 e. The average Bonchev–Trinajstić information content (AvgIpc) is 2.79. The number of piperidine rings is 1. The third-order valence-corrected chi connectivity index (χ3v) is 7.74. The molecule has 33 heavy (non-hydrogen) atoms. The Labute approximate surface area is 196 Å². The summed E-state index contributed by atoms with van der Waals surface area (Å²) in [5.41, 5.74) is -0.120. The van der Waals surface area contributed by atoms with Crippen molar-refractivity contribution in [3.05, 3.63) is 18.2 Å². The van der Waals surface area contributed by atoms with Crippen molar-refractivity contribution in [2.75, 3.05) is 51.3 Å². The first-order valence-corrected chi connectivity index (χ1v) is 12.9. The molecule has 10 heteroatoms. The summed E-state index contributed by atoms with van der Waals surface area (Å²) in [5.74, 6) is -0.294. The third-order valence-electron chi connectivity index (χ3n) is 5.82. The summed E-state index contributed by atoms with van der Waals surface area (Å²) >= 11 is 0. The molecule has 2 amide bonds. The summed E-state index contributed by atoms with van der Waals surface area (Å²) in [6, 6.07) is 4.67. The van der Waals surface area contributed by atoms with Gasteiger partial charge in [0.05, 0.1) is 25.7 Å². The molecule has 0 spiro atoms. The maximum atomic E-state index is 13.3. The number of benzene rings is 1. The van der Waals surface area contributed by atoms with Crippen LogP contribution in [0.5, 0.6) is 5.75 Å². The predicted octanol–water partition coefficient (Wildman–Crippen LogP) is 2.33. The van der Waals surface area contributed by atoms with Gasteiger partial charge >= 0.3 is 0 Å². The molecular weight excluding hydrogens is 446 g/mol. The maximum Gasteiger partial charge on any atom is 0.246 e. The summed E-state index contributed by atoms with van der Waals surface area (Å²) < 4.78 is 38.8. The van der Waals surface area contributed by atoms with Crippen molar-refractivity contribution < 1.29 is 27.5 Å². The van der Waals surface area contributed by atoms with E-state index < -0.39 is 15.4 Å². The molecule has 2 heterocycles. The number of anilines is 1. The molecule has 0 bridgehead atoms. The van der Waals surface area contributed by atoms with Gasteiger partial charge in [0.2, 0.25) is 21.8 Å². The van der Waals surface area contributed by atoms with E-state index in [1.807, 2.05) is 20.8 Å². The molecule has 0 aliphatic carbocycles. The number of nitrogens with one attached hydrogen (secondary N) is 1. The van der Waals surface area contributed by atoms with Crippen LogP contribution in [0.4, 0.5) is 5.69 Å². The fourth-order valence-corrected chi connectivity index (χ4v) is 5.65. The number of rotatable bonds is 6. The lowest BCUT2D eigenvalue weighted by molar-refractivity contribution is -0.142. The number of carbonyl (C=O) groups is 2. The molecule has 1 unspecified atom stereocenters. The van der Waals surface area contributed by atoms with Crippen molar-refractivity contribution in [3.63, 3.8) is 0 Å². The highest BCUT2D eigenvalue weighted by Crippen LogP contribution is 2.31. The zero-order chi connectivity index (χ0) is 24.2. The third kappa shape index (κ3) is 6.04. The van der Waals surface area contributed by atoms with E-state index in [4.69, 9.17) is 9.47 Å². The van der Waals surface area contributed by atoms with Gasteiger partial charge in [-0.3, -0.25) is 9.59 Å². The average molecular weight is 482 g/mol. The highest BCUT2D eigenvalue weighted by atomic mass is 32.2. The van der Waals surface area contributed by atoms with Crippen LogP contribution in [0.25, 0.3) is 0 Å². The normalized spacial score (nSPS) is 20.4. The predicted molar refractivity (Wildman–Crippen MR) is 125 cm³/mol. The molecule has 1 atom stereocenters. The molecule has 3 rings (SSSR count). The molecule has 2 aliphatic heterocycles. The number of hydrogen-bond donors (Lipinski definition) is 1. The SMILES string of the molecule is CCOc1ccc(NC(=O)C2CCCN(C(=O)C(C)(C)C)C2)cc1S(=O)(=O)N1CCOCC1. The topological polar surface area (TPSA) is 105 Å². The molecule has 0 aromatic heterocycles. The van der Waals surface area contributed by atoms with Crippen molar-refractivity contribution in [2.45, 2.75) is 45.4 Å². The van der Waals surface area contributed by atoms with Gasteiger partial charge in [-0.05, 0) is 38.0 Å². The fourth-order valence-electron chi connectivity index (χ4n) is 4.08. The Balaban J connectivity index is 1.79. The van der Waals surface area contributed by atoms with Crippen LogP contribution in [0.3, 0.4) is 0 Å². The van der Waals surface area contributed by atoms with Crippen LogP contribution < -0.4 is 10.1 Å². The minimum atomic E-state index is -3.81. The highest BCUT2D eigenvalue weighted by molar-refractivity contribution is 7.89. The molecule has 0 saturated carbocycles. The van der Waals surface area contributed by atoms with Gasteiger partial charge in [0.25, 0.3) is 0 Å². The molecule has 1 N–H and O–H groups in total. The molecule has 2 fully saturated rings. The van der Waals surface area contributed by atoms with E-state index in [1.165, 1.54) is 10.4 Å². The van der Waals surface area contributed by atoms with Crippen LogP contribution in [0, 0.1) is 11.3 Å². The number of ether oxygens (including phenoxy) is 2. The first-order valence-electron chi connectivity index (χ1n) is 11.5. The number of amides is 2. The number of carbonyl (C=O) groups excluding carboxylic acids is 2. The first-order chi connectivity index (χ1) is 15.5. The maximum absolute atomic E-state index is 13.3. The van der Waals surface area contributed by atoms with Crippen molar-refractivity contribution in [3.8, 4) is 5.75 Å². The summed E-state index contributed by atoms with van der Waals surface area (Å²) in [5, 5.41) is 2.85. The van der Waals surface area contributed by atoms with E-state index in [1.54, 1.807) is 24.0 Å². The lowest BCUT2D eigenvalue weighted by atomic mass is 9.91. The second-order valence-electron chi connectivity index (χ2n) is 9.44. The summed E-state index contributed by atoms with van der Waals surface area (Å²) in [6.07, 6.45) is 1.43. The molecule has 9 nitrogen and oxygen atoms in total. The number of likely N-dealkylation sites (tertiary alicyclic amines) is 1. The Hall–Kier alpha value is -2.17. The van der Waals surface area contributed by atoms with E-state index in [0.717, 1.165) is 6.42 Å². The Morgan fingerprint density at radius 1 is 1.18 bits per heavy atom. The van der Waals surface area contributed by atoms with E-state index in [9.17, 15) is 18.0 Å². The van der Waals surface area contributed by atoms with Crippen LogP contribution >= 0.6 is 0 Å². The Bertz CT molecular complexity index is 967. The lowest BCUT2D eigenvalue weighted by Crippen LogP contribution is -2.47. The van der Waals surface area contributed by atoms with Crippen LogP contribution in [0.15, 0.2) is 23.1 Å². The minimum Gasteiger partial charge on any atom is -0.492 e. The summed E-state index contributed by atoms with van der Waals surface area (Å²) in [4.78, 5) is 27.4. The van der Waals surface area contributed by atoms with Crippen molar-refractivity contribution in [1.29, 1.82) is 0 Å². The van der Waals surface area contributed by atoms with Crippen LogP contribution in [-0.2, 0) is 24.3 Å². The van der Waals surface area contributed by atoms with E-state index in [2.05, 4.69) is 5.32 Å². The van der Waals surface area contributed by atoms with Gasteiger partial charge in [-0.2, -0.15) is 4.31 Å². The van der Waals surface area contributed by atoms with Gasteiger partial charge in [0.15, 0.2) is 0 Å². The Morgan fingerprint density at radius 3 is 2.52 bits per heavy atom. The van der Waals surface area contributed by atoms with Crippen LogP contribution in [0.1, 0.15) is 40.5 Å². The first kappa shape index (κ1) is 25.5. The van der Waals surface area contributed by atoms with Crippen molar-refractivity contribution in [2.24, 2.45) is 11.3 Å². The van der Waals surface area contributed by atoms with E-state index in [0.29, 0.717) is 45.0 Å². The standard InChI is InChI=1S/C23H35N3O6S/c1-5-32-19-9-8-18(15-20(19)33(29,30)26-11-13-31-14-12-26)24-21(27)17-7-6-10-25(16-17)22(28)23(2,3)4/h8-9,15,17H,5-7,10-14,16H2,1-4H3,(H,24,27). The smallest absolute Gasteiger partial charge is 0.246 e. The van der Waals surface area contributed by atoms with Crippen LogP contribution in [-0.4, -0.2) is 75.4 Å². The highest BCUT2D eigenvalue weighted by Gasteiger charge is 2.34. The van der Waals surface area contributed by atoms with Gasteiger partial charge in [-0.25, -0.2) is 8.42 Å².